The number of nitrogens with zero attached hydrogens (tertiary/aromatic N) is 4. The van der Waals surface area contributed by atoms with Crippen molar-refractivity contribution in [2.24, 2.45) is 0 Å². The SMILES string of the molecule is CNC1=C([N+](=O)[O-])C(c2ccccc2)Nc2ncnn21. The van der Waals surface area contributed by atoms with Crippen molar-refractivity contribution in [2.45, 2.75) is 6.04 Å². The monoisotopic (exact) mass is 272 g/mol. The Kier molecular flexibility index (Phi) is 2.82. The van der Waals surface area contributed by atoms with Gasteiger partial charge in [0, 0.05) is 7.05 Å². The highest BCUT2D eigenvalue weighted by Crippen LogP contribution is 2.33. The maximum atomic E-state index is 11.4. The molecule has 1 aromatic carbocycles. The Bertz CT molecular complexity index is 678. The molecule has 1 aromatic heterocycles. The number of anilines is 1. The van der Waals surface area contributed by atoms with Gasteiger partial charge in [0.2, 0.25) is 11.8 Å². The van der Waals surface area contributed by atoms with E-state index in [0.717, 1.165) is 5.56 Å². The summed E-state index contributed by atoms with van der Waals surface area (Å²) in [6, 6.07) is 8.63. The van der Waals surface area contributed by atoms with Gasteiger partial charge in [0.1, 0.15) is 12.4 Å². The van der Waals surface area contributed by atoms with Crippen LogP contribution in [0.25, 0.3) is 5.82 Å². The first-order valence-corrected chi connectivity index (χ1v) is 6.00. The fourth-order valence-electron chi connectivity index (χ4n) is 2.26. The molecule has 0 saturated carbocycles. The van der Waals surface area contributed by atoms with Crippen LogP contribution in [-0.2, 0) is 0 Å². The molecule has 0 radical (unpaired) electrons. The van der Waals surface area contributed by atoms with Crippen LogP contribution in [0.5, 0.6) is 0 Å². The number of hydrogen-bond acceptors (Lipinski definition) is 6. The third kappa shape index (κ3) is 1.78. The molecule has 8 heteroatoms. The van der Waals surface area contributed by atoms with Gasteiger partial charge in [0.15, 0.2) is 0 Å². The molecule has 20 heavy (non-hydrogen) atoms. The molecular formula is C12H12N6O2. The first-order chi connectivity index (χ1) is 9.72. The number of nitro groups is 1. The molecule has 3 rings (SSSR count). The van der Waals surface area contributed by atoms with Gasteiger partial charge in [-0.1, -0.05) is 30.3 Å². The molecule has 0 saturated heterocycles. The Balaban J connectivity index is 2.19. The van der Waals surface area contributed by atoms with E-state index in [-0.39, 0.29) is 5.70 Å². The van der Waals surface area contributed by atoms with Gasteiger partial charge in [-0.15, -0.1) is 0 Å². The summed E-state index contributed by atoms with van der Waals surface area (Å²) in [6.07, 6.45) is 1.35. The summed E-state index contributed by atoms with van der Waals surface area (Å²) >= 11 is 0. The average molecular weight is 272 g/mol. The lowest BCUT2D eigenvalue weighted by Gasteiger charge is -2.24. The number of aromatic nitrogens is 3. The Morgan fingerprint density at radius 3 is 2.80 bits per heavy atom. The molecule has 2 heterocycles. The van der Waals surface area contributed by atoms with Crippen LogP contribution >= 0.6 is 0 Å². The van der Waals surface area contributed by atoms with Crippen LogP contribution in [0.15, 0.2) is 42.4 Å². The van der Waals surface area contributed by atoms with Crippen molar-refractivity contribution < 1.29 is 4.92 Å². The smallest absolute Gasteiger partial charge is 0.314 e. The van der Waals surface area contributed by atoms with Crippen molar-refractivity contribution in [1.82, 2.24) is 20.1 Å². The van der Waals surface area contributed by atoms with Gasteiger partial charge in [-0.25, -0.2) is 0 Å². The third-order valence-corrected chi connectivity index (χ3v) is 3.12. The van der Waals surface area contributed by atoms with E-state index in [0.29, 0.717) is 11.8 Å². The summed E-state index contributed by atoms with van der Waals surface area (Å²) in [4.78, 5) is 15.1. The highest BCUT2D eigenvalue weighted by molar-refractivity contribution is 5.59. The molecule has 0 fully saturated rings. The van der Waals surface area contributed by atoms with E-state index in [9.17, 15) is 10.1 Å². The van der Waals surface area contributed by atoms with Crippen molar-refractivity contribution in [2.75, 3.05) is 12.4 Å². The molecule has 0 aliphatic carbocycles. The van der Waals surface area contributed by atoms with Crippen LogP contribution in [0, 0.1) is 10.1 Å². The maximum Gasteiger partial charge on any atom is 0.314 e. The molecule has 1 aliphatic rings. The number of rotatable bonds is 3. The van der Waals surface area contributed by atoms with E-state index in [4.69, 9.17) is 0 Å². The van der Waals surface area contributed by atoms with Crippen LogP contribution in [0.4, 0.5) is 5.95 Å². The molecule has 0 bridgehead atoms. The zero-order valence-corrected chi connectivity index (χ0v) is 10.6. The fraction of sp³-hybridized carbons (Fsp3) is 0.167. The van der Waals surface area contributed by atoms with Gasteiger partial charge in [-0.3, -0.25) is 10.1 Å². The normalized spacial score (nSPS) is 17.4. The summed E-state index contributed by atoms with van der Waals surface area (Å²) < 4.78 is 1.39. The van der Waals surface area contributed by atoms with E-state index in [1.165, 1.54) is 11.0 Å². The number of benzene rings is 1. The Hall–Kier alpha value is -2.90. The van der Waals surface area contributed by atoms with Crippen LogP contribution < -0.4 is 10.6 Å². The van der Waals surface area contributed by atoms with Crippen molar-refractivity contribution in [3.63, 3.8) is 0 Å². The summed E-state index contributed by atoms with van der Waals surface area (Å²) in [6.45, 7) is 0. The predicted molar refractivity (Wildman–Crippen MR) is 72.1 cm³/mol. The van der Waals surface area contributed by atoms with Crippen molar-refractivity contribution in [1.29, 1.82) is 0 Å². The topological polar surface area (TPSA) is 97.9 Å². The number of nitrogens with one attached hydrogen (secondary N) is 2. The predicted octanol–water partition coefficient (Wildman–Crippen LogP) is 1.07. The molecule has 1 aliphatic heterocycles. The van der Waals surface area contributed by atoms with E-state index in [1.807, 2.05) is 30.3 Å². The van der Waals surface area contributed by atoms with Gasteiger partial charge in [-0.2, -0.15) is 14.8 Å². The highest BCUT2D eigenvalue weighted by atomic mass is 16.6. The molecule has 2 N–H and O–H groups in total. The molecule has 8 nitrogen and oxygen atoms in total. The molecule has 102 valence electrons. The first kappa shape index (κ1) is 12.2. The lowest BCUT2D eigenvalue weighted by Crippen LogP contribution is -2.32. The Morgan fingerprint density at radius 2 is 2.15 bits per heavy atom. The molecule has 1 unspecified atom stereocenters. The number of fused-ring (bicyclic) bond motifs is 1. The van der Waals surface area contributed by atoms with Gasteiger partial charge in [-0.05, 0) is 5.56 Å². The largest absolute Gasteiger partial charge is 0.367 e. The van der Waals surface area contributed by atoms with Crippen LogP contribution in [0.2, 0.25) is 0 Å². The van der Waals surface area contributed by atoms with Gasteiger partial charge in [0.05, 0.1) is 4.92 Å². The second-order valence-electron chi connectivity index (χ2n) is 4.22. The maximum absolute atomic E-state index is 11.4. The van der Waals surface area contributed by atoms with E-state index in [1.54, 1.807) is 7.05 Å². The Morgan fingerprint density at radius 1 is 1.40 bits per heavy atom. The summed E-state index contributed by atoms with van der Waals surface area (Å²) in [7, 11) is 1.62. The molecule has 2 aromatic rings. The zero-order valence-electron chi connectivity index (χ0n) is 10.6. The van der Waals surface area contributed by atoms with Gasteiger partial charge in [0.25, 0.3) is 0 Å². The van der Waals surface area contributed by atoms with Crippen molar-refractivity contribution in [3.05, 3.63) is 58.0 Å². The van der Waals surface area contributed by atoms with Crippen LogP contribution in [-0.4, -0.2) is 26.7 Å². The molecular weight excluding hydrogens is 260 g/mol. The standard InChI is InChI=1S/C12H12N6O2/c1-13-11-10(18(19)20)9(8-5-3-2-4-6-8)16-12-14-7-15-17(11)12/h2-7,9,13H,1H3,(H,14,15,16). The lowest BCUT2D eigenvalue weighted by atomic mass is 10.0. The summed E-state index contributed by atoms with van der Waals surface area (Å²) in [5.41, 5.74) is 0.804. The van der Waals surface area contributed by atoms with Gasteiger partial charge >= 0.3 is 5.70 Å². The second kappa shape index (κ2) is 4.65. The van der Waals surface area contributed by atoms with E-state index < -0.39 is 11.0 Å². The van der Waals surface area contributed by atoms with Crippen molar-refractivity contribution in [3.8, 4) is 0 Å². The minimum atomic E-state index is -0.578. The fourth-order valence-corrected chi connectivity index (χ4v) is 2.26. The average Bonchev–Trinajstić information content (AvgIpc) is 2.94. The van der Waals surface area contributed by atoms with Crippen molar-refractivity contribution >= 4 is 11.8 Å². The minimum absolute atomic E-state index is 0.0108. The molecule has 0 amide bonds. The summed E-state index contributed by atoms with van der Waals surface area (Å²) in [5, 5.41) is 21.3. The minimum Gasteiger partial charge on any atom is -0.367 e. The van der Waals surface area contributed by atoms with Gasteiger partial charge < -0.3 is 10.6 Å². The summed E-state index contributed by atoms with van der Waals surface area (Å²) in [5.74, 6) is 0.781. The van der Waals surface area contributed by atoms with E-state index >= 15 is 0 Å². The Labute approximate surface area is 114 Å². The quantitative estimate of drug-likeness (QED) is 0.640. The second-order valence-corrected chi connectivity index (χ2v) is 4.22. The molecule has 1 atom stereocenters. The molecule has 0 spiro atoms. The van der Waals surface area contributed by atoms with Crippen LogP contribution in [0.1, 0.15) is 11.6 Å². The zero-order chi connectivity index (χ0) is 14.1. The lowest BCUT2D eigenvalue weighted by molar-refractivity contribution is -0.429. The third-order valence-electron chi connectivity index (χ3n) is 3.12. The highest BCUT2D eigenvalue weighted by Gasteiger charge is 2.37. The van der Waals surface area contributed by atoms with E-state index in [2.05, 4.69) is 20.7 Å². The first-order valence-electron chi connectivity index (χ1n) is 6.00. The van der Waals surface area contributed by atoms with Crippen LogP contribution in [0.3, 0.4) is 0 Å². The number of hydrogen-bond donors (Lipinski definition) is 2.